The molecule has 0 saturated carbocycles. The topological polar surface area (TPSA) is 64.3 Å². The SMILES string of the molecule is Cc1ccc(C(=O)Nc2ccccc2OCC(N)=S)cc1. The van der Waals surface area contributed by atoms with Gasteiger partial charge in [0, 0.05) is 5.56 Å². The zero-order chi connectivity index (χ0) is 15.2. The maximum Gasteiger partial charge on any atom is 0.255 e. The third-order valence-corrected chi connectivity index (χ3v) is 2.94. The van der Waals surface area contributed by atoms with Gasteiger partial charge < -0.3 is 15.8 Å². The Morgan fingerprint density at radius 3 is 2.52 bits per heavy atom. The van der Waals surface area contributed by atoms with Gasteiger partial charge in [-0.3, -0.25) is 4.79 Å². The molecule has 108 valence electrons. The van der Waals surface area contributed by atoms with Gasteiger partial charge in [-0.25, -0.2) is 0 Å². The molecule has 0 unspecified atom stereocenters. The van der Waals surface area contributed by atoms with Crippen molar-refractivity contribution >= 4 is 28.8 Å². The number of benzene rings is 2. The van der Waals surface area contributed by atoms with E-state index in [0.717, 1.165) is 5.56 Å². The van der Waals surface area contributed by atoms with Crippen molar-refractivity contribution in [3.63, 3.8) is 0 Å². The molecule has 2 aromatic carbocycles. The molecule has 0 aromatic heterocycles. The van der Waals surface area contributed by atoms with Gasteiger partial charge in [0.15, 0.2) is 0 Å². The number of nitrogens with one attached hydrogen (secondary N) is 1. The Morgan fingerprint density at radius 2 is 1.86 bits per heavy atom. The Morgan fingerprint density at radius 1 is 1.19 bits per heavy atom. The molecule has 3 N–H and O–H groups in total. The molecular weight excluding hydrogens is 284 g/mol. The number of hydrogen-bond acceptors (Lipinski definition) is 3. The van der Waals surface area contributed by atoms with Crippen LogP contribution in [0.2, 0.25) is 0 Å². The molecule has 0 saturated heterocycles. The molecule has 21 heavy (non-hydrogen) atoms. The minimum Gasteiger partial charge on any atom is -0.484 e. The van der Waals surface area contributed by atoms with Gasteiger partial charge in [-0.2, -0.15) is 0 Å². The van der Waals surface area contributed by atoms with Gasteiger partial charge in [-0.15, -0.1) is 0 Å². The fourth-order valence-electron chi connectivity index (χ4n) is 1.74. The number of para-hydroxylation sites is 2. The van der Waals surface area contributed by atoms with E-state index in [1.54, 1.807) is 24.3 Å². The highest BCUT2D eigenvalue weighted by molar-refractivity contribution is 7.80. The molecule has 1 amide bonds. The first-order chi connectivity index (χ1) is 10.1. The van der Waals surface area contributed by atoms with Crippen molar-refractivity contribution in [3.05, 3.63) is 59.7 Å². The quantitative estimate of drug-likeness (QED) is 0.833. The van der Waals surface area contributed by atoms with Gasteiger partial charge in [0.2, 0.25) is 0 Å². The summed E-state index contributed by atoms with van der Waals surface area (Å²) in [5.41, 5.74) is 7.69. The molecule has 0 aliphatic carbocycles. The first kappa shape index (κ1) is 15.0. The van der Waals surface area contributed by atoms with Crippen LogP contribution in [-0.2, 0) is 0 Å². The summed E-state index contributed by atoms with van der Waals surface area (Å²) in [5.74, 6) is 0.340. The summed E-state index contributed by atoms with van der Waals surface area (Å²) in [6, 6.07) is 14.5. The van der Waals surface area contributed by atoms with Crippen molar-refractivity contribution in [2.24, 2.45) is 5.73 Å². The lowest BCUT2D eigenvalue weighted by Gasteiger charge is -2.12. The number of aryl methyl sites for hydroxylation is 1. The Kier molecular flexibility index (Phi) is 4.90. The number of thiocarbonyl (C=S) groups is 1. The van der Waals surface area contributed by atoms with Crippen LogP contribution in [0.3, 0.4) is 0 Å². The third-order valence-electron chi connectivity index (χ3n) is 2.82. The predicted molar refractivity (Wildman–Crippen MR) is 87.9 cm³/mol. The van der Waals surface area contributed by atoms with E-state index in [1.165, 1.54) is 0 Å². The van der Waals surface area contributed by atoms with E-state index in [9.17, 15) is 4.79 Å². The fourth-order valence-corrected chi connectivity index (χ4v) is 1.80. The van der Waals surface area contributed by atoms with Crippen molar-refractivity contribution in [1.82, 2.24) is 0 Å². The highest BCUT2D eigenvalue weighted by Gasteiger charge is 2.09. The van der Waals surface area contributed by atoms with Crippen molar-refractivity contribution in [1.29, 1.82) is 0 Å². The summed E-state index contributed by atoms with van der Waals surface area (Å²) in [4.78, 5) is 12.5. The average molecular weight is 300 g/mol. The molecule has 0 spiro atoms. The van der Waals surface area contributed by atoms with Crippen molar-refractivity contribution in [2.75, 3.05) is 11.9 Å². The van der Waals surface area contributed by atoms with Crippen LogP contribution in [0.1, 0.15) is 15.9 Å². The van der Waals surface area contributed by atoms with Crippen LogP contribution < -0.4 is 15.8 Å². The van der Waals surface area contributed by atoms with E-state index in [1.807, 2.05) is 31.2 Å². The standard InChI is InChI=1S/C16H16N2O2S/c1-11-6-8-12(9-7-11)16(19)18-13-4-2-3-5-14(13)20-10-15(17)21/h2-9H,10H2,1H3,(H2,17,21)(H,18,19). The molecule has 0 fully saturated rings. The van der Waals surface area contributed by atoms with Crippen LogP contribution in [-0.4, -0.2) is 17.5 Å². The van der Waals surface area contributed by atoms with Crippen LogP contribution in [0.25, 0.3) is 0 Å². The summed E-state index contributed by atoms with van der Waals surface area (Å²) in [5, 5.41) is 2.82. The number of rotatable bonds is 5. The largest absolute Gasteiger partial charge is 0.484 e. The number of amides is 1. The second-order valence-corrected chi connectivity index (χ2v) is 5.10. The van der Waals surface area contributed by atoms with E-state index in [-0.39, 0.29) is 17.5 Å². The first-order valence-electron chi connectivity index (χ1n) is 6.44. The minimum atomic E-state index is -0.193. The van der Waals surface area contributed by atoms with E-state index < -0.39 is 0 Å². The van der Waals surface area contributed by atoms with Crippen molar-refractivity contribution in [3.8, 4) is 5.75 Å². The lowest BCUT2D eigenvalue weighted by Crippen LogP contribution is -2.19. The monoisotopic (exact) mass is 300 g/mol. The molecule has 0 aliphatic heterocycles. The van der Waals surface area contributed by atoms with Gasteiger partial charge in [0.25, 0.3) is 5.91 Å². The van der Waals surface area contributed by atoms with Crippen LogP contribution in [0.5, 0.6) is 5.75 Å². The van der Waals surface area contributed by atoms with Gasteiger partial charge >= 0.3 is 0 Å². The second-order valence-electron chi connectivity index (χ2n) is 4.57. The van der Waals surface area contributed by atoms with Crippen LogP contribution in [0.4, 0.5) is 5.69 Å². The summed E-state index contributed by atoms with van der Waals surface area (Å²) < 4.78 is 5.47. The van der Waals surface area contributed by atoms with Crippen molar-refractivity contribution < 1.29 is 9.53 Å². The lowest BCUT2D eigenvalue weighted by atomic mass is 10.1. The van der Waals surface area contributed by atoms with Gasteiger partial charge in [0.05, 0.1) is 5.69 Å². The zero-order valence-corrected chi connectivity index (χ0v) is 12.4. The molecule has 0 atom stereocenters. The first-order valence-corrected chi connectivity index (χ1v) is 6.85. The summed E-state index contributed by atoms with van der Waals surface area (Å²) in [7, 11) is 0. The fraction of sp³-hybridized carbons (Fsp3) is 0.125. The number of hydrogen-bond donors (Lipinski definition) is 2. The highest BCUT2D eigenvalue weighted by atomic mass is 32.1. The molecule has 0 radical (unpaired) electrons. The number of anilines is 1. The predicted octanol–water partition coefficient (Wildman–Crippen LogP) is 2.91. The lowest BCUT2D eigenvalue weighted by molar-refractivity contribution is 0.102. The van der Waals surface area contributed by atoms with E-state index in [2.05, 4.69) is 5.32 Å². The van der Waals surface area contributed by atoms with Gasteiger partial charge in [-0.05, 0) is 31.2 Å². The van der Waals surface area contributed by atoms with E-state index >= 15 is 0 Å². The Hall–Kier alpha value is -2.40. The van der Waals surface area contributed by atoms with Crippen LogP contribution in [0.15, 0.2) is 48.5 Å². The second kappa shape index (κ2) is 6.85. The summed E-state index contributed by atoms with van der Waals surface area (Å²) in [6.45, 7) is 2.10. The zero-order valence-electron chi connectivity index (χ0n) is 11.6. The molecule has 0 heterocycles. The number of carbonyl (C=O) groups excluding carboxylic acids is 1. The number of nitrogens with two attached hydrogens (primary N) is 1. The maximum absolute atomic E-state index is 12.2. The number of carbonyl (C=O) groups is 1. The van der Waals surface area contributed by atoms with E-state index in [4.69, 9.17) is 22.7 Å². The summed E-state index contributed by atoms with van der Waals surface area (Å²) in [6.07, 6.45) is 0. The maximum atomic E-state index is 12.2. The third kappa shape index (κ3) is 4.29. The van der Waals surface area contributed by atoms with Crippen molar-refractivity contribution in [2.45, 2.75) is 6.92 Å². The molecule has 2 rings (SSSR count). The molecule has 2 aromatic rings. The minimum absolute atomic E-state index is 0.132. The van der Waals surface area contributed by atoms with E-state index in [0.29, 0.717) is 17.0 Å². The Balaban J connectivity index is 2.13. The molecule has 5 heteroatoms. The highest BCUT2D eigenvalue weighted by Crippen LogP contribution is 2.24. The van der Waals surface area contributed by atoms with Gasteiger partial charge in [0.1, 0.15) is 17.3 Å². The number of ether oxygens (including phenoxy) is 1. The molecule has 0 bridgehead atoms. The molecule has 4 nitrogen and oxygen atoms in total. The van der Waals surface area contributed by atoms with Crippen LogP contribution in [0, 0.1) is 6.92 Å². The molecule has 0 aliphatic rings. The smallest absolute Gasteiger partial charge is 0.255 e. The van der Waals surface area contributed by atoms with Crippen LogP contribution >= 0.6 is 12.2 Å². The van der Waals surface area contributed by atoms with Gasteiger partial charge in [-0.1, -0.05) is 42.0 Å². The molecular formula is C16H16N2O2S. The average Bonchev–Trinajstić information content (AvgIpc) is 2.47. The normalized spacial score (nSPS) is 9.95. The Bertz CT molecular complexity index is 654. The Labute approximate surface area is 128 Å². The summed E-state index contributed by atoms with van der Waals surface area (Å²) >= 11 is 4.78.